The Labute approximate surface area is 94.5 Å². The Morgan fingerprint density at radius 1 is 1.31 bits per heavy atom. The fourth-order valence-corrected chi connectivity index (χ4v) is 1.90. The second-order valence-corrected chi connectivity index (χ2v) is 4.14. The Morgan fingerprint density at radius 2 is 2.08 bits per heavy atom. The number of aromatic amines is 1. The molecule has 0 bridgehead atoms. The average molecular weight is 305 g/mol. The van der Waals surface area contributed by atoms with Gasteiger partial charge in [-0.25, -0.2) is 0 Å². The van der Waals surface area contributed by atoms with Crippen LogP contribution in [0.15, 0.2) is 30.5 Å². The van der Waals surface area contributed by atoms with Crippen molar-refractivity contribution in [3.05, 3.63) is 39.1 Å². The van der Waals surface area contributed by atoms with E-state index in [1.807, 2.05) is 24.3 Å². The maximum atomic E-state index is 6.04. The predicted molar refractivity (Wildman–Crippen MR) is 61.8 cm³/mol. The second kappa shape index (κ2) is 3.67. The third-order valence-corrected chi connectivity index (χ3v) is 2.88. The normalized spacial score (nSPS) is 10.3. The van der Waals surface area contributed by atoms with E-state index in [9.17, 15) is 0 Å². The van der Waals surface area contributed by atoms with Crippen LogP contribution in [-0.2, 0) is 0 Å². The second-order valence-electron chi connectivity index (χ2n) is 2.57. The summed E-state index contributed by atoms with van der Waals surface area (Å²) in [6.07, 6.45) is 1.78. The van der Waals surface area contributed by atoms with Crippen LogP contribution in [0, 0.1) is 3.57 Å². The first-order chi connectivity index (χ1) is 6.29. The molecule has 0 radical (unpaired) electrons. The lowest BCUT2D eigenvalue weighted by molar-refractivity contribution is 1.10. The van der Waals surface area contributed by atoms with Crippen molar-refractivity contribution in [1.82, 2.24) is 10.2 Å². The van der Waals surface area contributed by atoms with Crippen LogP contribution in [0.2, 0.25) is 5.02 Å². The number of H-pyrrole nitrogens is 1. The molecule has 0 aliphatic heterocycles. The minimum atomic E-state index is 0.740. The number of benzene rings is 1. The van der Waals surface area contributed by atoms with Crippen LogP contribution < -0.4 is 0 Å². The van der Waals surface area contributed by atoms with E-state index >= 15 is 0 Å². The van der Waals surface area contributed by atoms with E-state index in [0.29, 0.717) is 0 Å². The zero-order chi connectivity index (χ0) is 9.26. The Bertz CT molecular complexity index is 425. The first-order valence-electron chi connectivity index (χ1n) is 3.73. The molecule has 2 rings (SSSR count). The fourth-order valence-electron chi connectivity index (χ4n) is 1.12. The number of nitrogens with one attached hydrogen (secondary N) is 1. The maximum Gasteiger partial charge on any atom is 0.0798 e. The lowest BCUT2D eigenvalue weighted by atomic mass is 10.2. The molecule has 0 saturated heterocycles. The van der Waals surface area contributed by atoms with Crippen molar-refractivity contribution in [2.45, 2.75) is 0 Å². The van der Waals surface area contributed by atoms with Gasteiger partial charge >= 0.3 is 0 Å². The summed E-state index contributed by atoms with van der Waals surface area (Å²) in [4.78, 5) is 0. The number of aromatic nitrogens is 2. The van der Waals surface area contributed by atoms with Gasteiger partial charge in [0.15, 0.2) is 0 Å². The summed E-state index contributed by atoms with van der Waals surface area (Å²) in [6, 6.07) is 7.71. The summed E-state index contributed by atoms with van der Waals surface area (Å²) in [7, 11) is 0. The summed E-state index contributed by atoms with van der Waals surface area (Å²) in [5.74, 6) is 0. The molecule has 2 aromatic rings. The summed E-state index contributed by atoms with van der Waals surface area (Å²) in [6.45, 7) is 0. The number of nitrogens with zero attached hydrogens (tertiary/aromatic N) is 1. The van der Waals surface area contributed by atoms with Gasteiger partial charge in [-0.3, -0.25) is 5.10 Å². The Balaban J connectivity index is 2.59. The van der Waals surface area contributed by atoms with Crippen molar-refractivity contribution in [3.63, 3.8) is 0 Å². The van der Waals surface area contributed by atoms with Gasteiger partial charge in [0.25, 0.3) is 0 Å². The van der Waals surface area contributed by atoms with E-state index in [1.54, 1.807) is 6.20 Å². The highest BCUT2D eigenvalue weighted by Gasteiger charge is 2.07. The monoisotopic (exact) mass is 304 g/mol. The molecule has 0 atom stereocenters. The molecule has 0 aliphatic rings. The van der Waals surface area contributed by atoms with Gasteiger partial charge in [0.05, 0.1) is 15.5 Å². The third-order valence-electron chi connectivity index (χ3n) is 1.74. The van der Waals surface area contributed by atoms with Crippen molar-refractivity contribution in [3.8, 4) is 11.3 Å². The molecule has 0 unspecified atom stereocenters. The van der Waals surface area contributed by atoms with Crippen molar-refractivity contribution in [2.75, 3.05) is 0 Å². The van der Waals surface area contributed by atoms with Crippen molar-refractivity contribution >= 4 is 34.2 Å². The van der Waals surface area contributed by atoms with Crippen molar-refractivity contribution in [1.29, 1.82) is 0 Å². The zero-order valence-electron chi connectivity index (χ0n) is 6.59. The van der Waals surface area contributed by atoms with E-state index in [1.165, 1.54) is 0 Å². The molecule has 13 heavy (non-hydrogen) atoms. The molecular formula is C9H6ClIN2. The number of rotatable bonds is 1. The van der Waals surface area contributed by atoms with Gasteiger partial charge in [-0.15, -0.1) is 0 Å². The Hall–Kier alpha value is -0.550. The Kier molecular flexibility index (Phi) is 2.55. The topological polar surface area (TPSA) is 28.7 Å². The SMILES string of the molecule is Clc1ccccc1-c1[nH]ncc1I. The summed E-state index contributed by atoms with van der Waals surface area (Å²) in [5, 5.41) is 7.61. The highest BCUT2D eigenvalue weighted by Crippen LogP contribution is 2.28. The first kappa shape index (κ1) is 9.02. The molecule has 1 N–H and O–H groups in total. The van der Waals surface area contributed by atoms with Gasteiger partial charge in [-0.05, 0) is 28.7 Å². The van der Waals surface area contributed by atoms with Crippen LogP contribution in [-0.4, -0.2) is 10.2 Å². The first-order valence-corrected chi connectivity index (χ1v) is 5.18. The molecule has 4 heteroatoms. The molecule has 66 valence electrons. The molecule has 0 fully saturated rings. The highest BCUT2D eigenvalue weighted by molar-refractivity contribution is 14.1. The van der Waals surface area contributed by atoms with Crippen LogP contribution >= 0.6 is 34.2 Å². The summed E-state index contributed by atoms with van der Waals surface area (Å²) < 4.78 is 1.07. The molecule has 0 amide bonds. The maximum absolute atomic E-state index is 6.04. The molecule has 1 heterocycles. The summed E-state index contributed by atoms with van der Waals surface area (Å²) >= 11 is 8.26. The molecule has 0 saturated carbocycles. The van der Waals surface area contributed by atoms with Gasteiger partial charge in [0, 0.05) is 10.6 Å². The van der Waals surface area contributed by atoms with Crippen LogP contribution in [0.5, 0.6) is 0 Å². The zero-order valence-corrected chi connectivity index (χ0v) is 9.50. The van der Waals surface area contributed by atoms with Crippen LogP contribution in [0.25, 0.3) is 11.3 Å². The van der Waals surface area contributed by atoms with Gasteiger partial charge < -0.3 is 0 Å². The van der Waals surface area contributed by atoms with Crippen LogP contribution in [0.3, 0.4) is 0 Å². The van der Waals surface area contributed by atoms with Gasteiger partial charge in [0.2, 0.25) is 0 Å². The minimum Gasteiger partial charge on any atom is -0.277 e. The quantitative estimate of drug-likeness (QED) is 0.804. The highest BCUT2D eigenvalue weighted by atomic mass is 127. The van der Waals surface area contributed by atoms with Crippen LogP contribution in [0.1, 0.15) is 0 Å². The Morgan fingerprint density at radius 3 is 2.69 bits per heavy atom. The summed E-state index contributed by atoms with van der Waals surface area (Å²) in [5.41, 5.74) is 1.97. The fraction of sp³-hybridized carbons (Fsp3) is 0. The molecule has 0 aliphatic carbocycles. The van der Waals surface area contributed by atoms with Crippen molar-refractivity contribution < 1.29 is 0 Å². The predicted octanol–water partition coefficient (Wildman–Crippen LogP) is 3.33. The molecule has 0 spiro atoms. The lowest BCUT2D eigenvalue weighted by Crippen LogP contribution is -1.81. The lowest BCUT2D eigenvalue weighted by Gasteiger charge is -2.00. The van der Waals surface area contributed by atoms with Gasteiger partial charge in [-0.1, -0.05) is 29.8 Å². The molecular weight excluding hydrogens is 298 g/mol. The van der Waals surface area contributed by atoms with E-state index in [2.05, 4.69) is 32.8 Å². The molecule has 2 nitrogen and oxygen atoms in total. The van der Waals surface area contributed by atoms with Gasteiger partial charge in [-0.2, -0.15) is 5.10 Å². The van der Waals surface area contributed by atoms with E-state index in [0.717, 1.165) is 19.9 Å². The molecule has 1 aromatic heterocycles. The van der Waals surface area contributed by atoms with E-state index in [4.69, 9.17) is 11.6 Å². The number of hydrogen-bond donors (Lipinski definition) is 1. The van der Waals surface area contributed by atoms with Gasteiger partial charge in [0.1, 0.15) is 0 Å². The minimum absolute atomic E-state index is 0.740. The van der Waals surface area contributed by atoms with E-state index < -0.39 is 0 Å². The van der Waals surface area contributed by atoms with Crippen molar-refractivity contribution in [2.24, 2.45) is 0 Å². The average Bonchev–Trinajstić information content (AvgIpc) is 2.52. The number of hydrogen-bond acceptors (Lipinski definition) is 1. The van der Waals surface area contributed by atoms with E-state index in [-0.39, 0.29) is 0 Å². The molecule has 1 aromatic carbocycles. The third kappa shape index (κ3) is 1.71. The smallest absolute Gasteiger partial charge is 0.0798 e. The standard InChI is InChI=1S/C9H6ClIN2/c10-7-4-2-1-3-6(7)9-8(11)5-12-13-9/h1-5H,(H,12,13). The van der Waals surface area contributed by atoms with Crippen LogP contribution in [0.4, 0.5) is 0 Å². The largest absolute Gasteiger partial charge is 0.277 e. The number of halogens is 2.